The molecule has 1 nitrogen and oxygen atoms in total. The summed E-state index contributed by atoms with van der Waals surface area (Å²) in [5, 5.41) is 0. The van der Waals surface area contributed by atoms with Crippen LogP contribution in [0.3, 0.4) is 0 Å². The van der Waals surface area contributed by atoms with E-state index in [2.05, 4.69) is 24.5 Å². The van der Waals surface area contributed by atoms with E-state index in [0.29, 0.717) is 0 Å². The molecule has 5 heavy (non-hydrogen) atoms. The first-order chi connectivity index (χ1) is 1.00. The summed E-state index contributed by atoms with van der Waals surface area (Å²) in [5.41, 5.74) is 0. The molecule has 0 aromatic rings. The maximum absolute atomic E-state index is 3.71. The molecule has 0 saturated heterocycles. The van der Waals surface area contributed by atoms with E-state index >= 15 is 0 Å². The van der Waals surface area contributed by atoms with Gasteiger partial charge in [-0.15, -0.1) is 0 Å². The van der Waals surface area contributed by atoms with Gasteiger partial charge >= 0.3 is 24.5 Å². The second kappa shape index (κ2) is 43.6. The molecule has 0 aliphatic carbocycles. The summed E-state index contributed by atoms with van der Waals surface area (Å²) >= 11 is 3.46. The van der Waals surface area contributed by atoms with E-state index in [9.17, 15) is 0 Å². The van der Waals surface area contributed by atoms with Gasteiger partial charge in [0.2, 0.25) is 0 Å². The zero-order chi connectivity index (χ0) is 2.00. The zero-order valence-electron chi connectivity index (χ0n) is 1.86. The first-order valence-corrected chi connectivity index (χ1v) is 1.60. The van der Waals surface area contributed by atoms with Gasteiger partial charge < -0.3 is 5.48 Å². The van der Waals surface area contributed by atoms with Crippen molar-refractivity contribution in [3.8, 4) is 0 Å². The third kappa shape index (κ3) is 27.0. The molecule has 0 aromatic heterocycles. The molecule has 0 aliphatic heterocycles. The van der Waals surface area contributed by atoms with Gasteiger partial charge in [-0.25, -0.2) is 0 Å². The molecule has 5 heteroatoms. The van der Waals surface area contributed by atoms with Crippen LogP contribution < -0.4 is 0 Å². The average molecular weight is 231 g/mol. The van der Waals surface area contributed by atoms with E-state index < -0.39 is 0 Å². The first kappa shape index (κ1) is 29.9. The molecular formula is H2CoCuNiOS. The van der Waals surface area contributed by atoms with Crippen molar-refractivity contribution in [1.29, 1.82) is 0 Å². The van der Waals surface area contributed by atoms with Crippen LogP contribution in [0.25, 0.3) is 0 Å². The maximum atomic E-state index is 3.71. The topological polar surface area (TPSA) is 31.5 Å². The van der Waals surface area contributed by atoms with Crippen molar-refractivity contribution in [2.75, 3.05) is 0 Å². The average Bonchev–Trinajstić information content (AvgIpc) is 1.00. The number of hydrogen-bond donors (Lipinski definition) is 0. The van der Waals surface area contributed by atoms with Gasteiger partial charge in [-0.1, -0.05) is 0 Å². The Labute approximate surface area is 63.5 Å². The summed E-state index contributed by atoms with van der Waals surface area (Å²) in [5.74, 6) is 0. The van der Waals surface area contributed by atoms with E-state index in [-0.39, 0.29) is 39.3 Å². The van der Waals surface area contributed by atoms with Crippen molar-refractivity contribution in [2.24, 2.45) is 0 Å². The van der Waals surface area contributed by atoms with E-state index in [1.165, 1.54) is 0 Å². The Morgan fingerprint density at radius 3 is 1.20 bits per heavy atom. The molecule has 0 rings (SSSR count). The van der Waals surface area contributed by atoms with Crippen molar-refractivity contribution in [3.63, 3.8) is 0 Å². The Bertz CT molecular complexity index is 11.6. The zero-order valence-corrected chi connectivity index (χ0v) is 5.65. The summed E-state index contributed by atoms with van der Waals surface area (Å²) in [6.45, 7) is 0. The third-order valence-corrected chi connectivity index (χ3v) is 0. The van der Waals surface area contributed by atoms with Crippen LogP contribution in [0.15, 0.2) is 0 Å². The van der Waals surface area contributed by atoms with Crippen LogP contribution >= 0.6 is 10.7 Å². The fourth-order valence-electron chi connectivity index (χ4n) is 0. The van der Waals surface area contributed by atoms with Gasteiger partial charge in [-0.05, 0) is 0 Å². The molecule has 0 atom stereocenters. The molecule has 0 amide bonds. The molecule has 2 N–H and O–H groups in total. The standard InChI is InChI=1S/Co.Cu.Ni.H2O.S/h;;;1H2;. The van der Waals surface area contributed by atoms with Crippen molar-refractivity contribution in [3.05, 3.63) is 0 Å². The monoisotopic (exact) mass is 230 g/mol. The SMILES string of the molecule is O.[Co].[Cu].[S]=[Ni]. The van der Waals surface area contributed by atoms with Crippen LogP contribution in [0.2, 0.25) is 0 Å². The molecule has 0 spiro atoms. The second-order valence-electron chi connectivity index (χ2n) is 0. The van der Waals surface area contributed by atoms with Gasteiger partial charge in [-0.3, -0.25) is 0 Å². The molecule has 0 heterocycles. The van der Waals surface area contributed by atoms with Gasteiger partial charge in [0, 0.05) is 33.8 Å². The summed E-state index contributed by atoms with van der Waals surface area (Å²) < 4.78 is 0. The molecule has 0 fully saturated rings. The molecule has 0 aliphatic rings. The molecule has 2 radical (unpaired) electrons. The summed E-state index contributed by atoms with van der Waals surface area (Å²) in [6.07, 6.45) is 0. The van der Waals surface area contributed by atoms with Crippen LogP contribution in [0.5, 0.6) is 0 Å². The Morgan fingerprint density at radius 2 is 1.20 bits per heavy atom. The van der Waals surface area contributed by atoms with Gasteiger partial charge in [-0.2, -0.15) is 0 Å². The summed E-state index contributed by atoms with van der Waals surface area (Å²) in [7, 11) is 3.71. The summed E-state index contributed by atoms with van der Waals surface area (Å²) in [4.78, 5) is 0. The van der Waals surface area contributed by atoms with Gasteiger partial charge in [0.25, 0.3) is 0 Å². The van der Waals surface area contributed by atoms with Crippen molar-refractivity contribution < 1.29 is 53.2 Å². The number of hydrogen-bond acceptors (Lipinski definition) is 1. The predicted molar refractivity (Wildman–Crippen MR) is 11.2 cm³/mol. The predicted octanol–water partition coefficient (Wildman–Crippen LogP) is -0.184. The molecule has 0 unspecified atom stereocenters. The van der Waals surface area contributed by atoms with Crippen molar-refractivity contribution in [2.45, 2.75) is 0 Å². The molecule has 44 valence electrons. The Balaban J connectivity index is -0.00000000167. The van der Waals surface area contributed by atoms with Gasteiger partial charge in [0.15, 0.2) is 0 Å². The Hall–Kier alpha value is 1.70. The third-order valence-electron chi connectivity index (χ3n) is 0. The minimum atomic E-state index is 0. The van der Waals surface area contributed by atoms with Crippen molar-refractivity contribution >= 4 is 10.7 Å². The van der Waals surface area contributed by atoms with Gasteiger partial charge in [0.1, 0.15) is 0 Å². The normalized spacial score (nSPS) is 1.20. The molecule has 0 saturated carbocycles. The van der Waals surface area contributed by atoms with Crippen molar-refractivity contribution in [1.82, 2.24) is 0 Å². The summed E-state index contributed by atoms with van der Waals surface area (Å²) in [6, 6.07) is 0. The van der Waals surface area contributed by atoms with Gasteiger partial charge in [0.05, 0.1) is 0 Å². The fourth-order valence-corrected chi connectivity index (χ4v) is 0. The number of rotatable bonds is 0. The first-order valence-electron chi connectivity index (χ1n) is 0.129. The molecule has 0 bridgehead atoms. The van der Waals surface area contributed by atoms with Crippen LogP contribution in [-0.4, -0.2) is 5.48 Å². The Morgan fingerprint density at radius 1 is 1.20 bits per heavy atom. The Kier molecular flexibility index (Phi) is 260. The van der Waals surface area contributed by atoms with E-state index in [1.54, 1.807) is 0 Å². The minimum absolute atomic E-state index is 0. The van der Waals surface area contributed by atoms with E-state index in [4.69, 9.17) is 0 Å². The van der Waals surface area contributed by atoms with Crippen LogP contribution in [0, 0.1) is 0 Å². The molecular weight excluding hydrogens is 229 g/mol. The van der Waals surface area contributed by atoms with Crippen LogP contribution in [-0.2, 0) is 47.7 Å². The molecule has 0 aromatic carbocycles. The van der Waals surface area contributed by atoms with Crippen LogP contribution in [0.4, 0.5) is 0 Å². The fraction of sp³-hybridized carbons (Fsp3) is 0. The van der Waals surface area contributed by atoms with E-state index in [0.717, 1.165) is 0 Å². The quantitative estimate of drug-likeness (QED) is 0.532. The van der Waals surface area contributed by atoms with Crippen LogP contribution in [0.1, 0.15) is 0 Å². The van der Waals surface area contributed by atoms with E-state index in [1.807, 2.05) is 0 Å². The second-order valence-corrected chi connectivity index (χ2v) is 0.